The normalized spacial score (nSPS) is 12.2. The van der Waals surface area contributed by atoms with Crippen molar-refractivity contribution in [1.82, 2.24) is 9.62 Å². The maximum atomic E-state index is 11.8. The topological polar surface area (TPSA) is 49.4 Å². The van der Waals surface area contributed by atoms with E-state index < -0.39 is 10.0 Å². The van der Waals surface area contributed by atoms with E-state index >= 15 is 0 Å². The third-order valence-electron chi connectivity index (χ3n) is 2.14. The molecule has 1 aromatic rings. The predicted molar refractivity (Wildman–Crippen MR) is 70.4 cm³/mol. The fourth-order valence-corrected chi connectivity index (χ4v) is 4.12. The zero-order valence-electron chi connectivity index (χ0n) is 9.23. The molecule has 1 aromatic heterocycles. The molecular weight excluding hydrogens is 312 g/mol. The van der Waals surface area contributed by atoms with Crippen LogP contribution in [-0.4, -0.2) is 40.0 Å². The Kier molecular flexibility index (Phi) is 5.39. The molecule has 0 aliphatic rings. The van der Waals surface area contributed by atoms with Gasteiger partial charge in [0, 0.05) is 13.1 Å². The van der Waals surface area contributed by atoms with Crippen molar-refractivity contribution >= 4 is 37.3 Å². The number of hydrogen-bond donors (Lipinski definition) is 1. The number of sulfonamides is 1. The van der Waals surface area contributed by atoms with Gasteiger partial charge in [-0.1, -0.05) is 6.92 Å². The highest BCUT2D eigenvalue weighted by molar-refractivity contribution is 9.11. The highest BCUT2D eigenvalue weighted by Crippen LogP contribution is 2.25. The fourth-order valence-electron chi connectivity index (χ4n) is 1.04. The van der Waals surface area contributed by atoms with E-state index in [0.717, 1.165) is 10.3 Å². The summed E-state index contributed by atoms with van der Waals surface area (Å²) >= 11 is 4.46. The van der Waals surface area contributed by atoms with E-state index in [2.05, 4.69) is 20.7 Å². The molecule has 0 unspecified atom stereocenters. The number of hydrogen-bond acceptors (Lipinski definition) is 4. The zero-order chi connectivity index (χ0) is 12.2. The molecule has 16 heavy (non-hydrogen) atoms. The van der Waals surface area contributed by atoms with Crippen molar-refractivity contribution < 1.29 is 8.42 Å². The number of rotatable bonds is 6. The first-order chi connectivity index (χ1) is 7.45. The molecule has 1 heterocycles. The average molecular weight is 327 g/mol. The largest absolute Gasteiger partial charge is 0.305 e. The summed E-state index contributed by atoms with van der Waals surface area (Å²) in [5.74, 6) is 0. The van der Waals surface area contributed by atoms with Gasteiger partial charge in [0.05, 0.1) is 3.79 Å². The van der Waals surface area contributed by atoms with Crippen LogP contribution in [0.2, 0.25) is 0 Å². The monoisotopic (exact) mass is 326 g/mol. The quantitative estimate of drug-likeness (QED) is 0.866. The van der Waals surface area contributed by atoms with Crippen molar-refractivity contribution in [3.63, 3.8) is 0 Å². The van der Waals surface area contributed by atoms with Crippen molar-refractivity contribution in [1.29, 1.82) is 0 Å². The lowest BCUT2D eigenvalue weighted by Gasteiger charge is -2.13. The standard InChI is InChI=1S/C9H15BrN2O2S2/c1-3-12(2)7-6-11-16(13,14)9-5-4-8(10)15-9/h4-5,11H,3,6-7H2,1-2H3. The SMILES string of the molecule is CCN(C)CCNS(=O)(=O)c1ccc(Br)s1. The summed E-state index contributed by atoms with van der Waals surface area (Å²) in [4.78, 5) is 2.05. The Bertz CT molecular complexity index is 430. The highest BCUT2D eigenvalue weighted by atomic mass is 79.9. The maximum absolute atomic E-state index is 11.8. The zero-order valence-corrected chi connectivity index (χ0v) is 12.5. The second-order valence-electron chi connectivity index (χ2n) is 3.35. The molecule has 0 aliphatic carbocycles. The van der Waals surface area contributed by atoms with E-state index in [0.29, 0.717) is 17.3 Å². The lowest BCUT2D eigenvalue weighted by atomic mass is 10.5. The molecule has 1 N–H and O–H groups in total. The molecule has 0 atom stereocenters. The Labute approximate surface area is 109 Å². The first-order valence-corrected chi connectivity index (χ1v) is 7.98. The minimum Gasteiger partial charge on any atom is -0.305 e. The van der Waals surface area contributed by atoms with Gasteiger partial charge in [0.15, 0.2) is 0 Å². The van der Waals surface area contributed by atoms with Crippen LogP contribution in [0.25, 0.3) is 0 Å². The lowest BCUT2D eigenvalue weighted by molar-refractivity contribution is 0.358. The van der Waals surface area contributed by atoms with Crippen LogP contribution in [-0.2, 0) is 10.0 Å². The third kappa shape index (κ3) is 4.14. The van der Waals surface area contributed by atoms with Crippen molar-refractivity contribution in [2.75, 3.05) is 26.7 Å². The molecule has 0 spiro atoms. The molecule has 7 heteroatoms. The van der Waals surface area contributed by atoms with Crippen LogP contribution in [0, 0.1) is 0 Å². The number of thiophene rings is 1. The van der Waals surface area contributed by atoms with Gasteiger partial charge in [-0.25, -0.2) is 13.1 Å². The van der Waals surface area contributed by atoms with E-state index in [4.69, 9.17) is 0 Å². The second kappa shape index (κ2) is 6.11. The third-order valence-corrected chi connectivity index (χ3v) is 5.72. The summed E-state index contributed by atoms with van der Waals surface area (Å²) < 4.78 is 27.3. The maximum Gasteiger partial charge on any atom is 0.250 e. The first kappa shape index (κ1) is 14.1. The summed E-state index contributed by atoms with van der Waals surface area (Å²) in [6, 6.07) is 3.33. The van der Waals surface area contributed by atoms with E-state index in [-0.39, 0.29) is 0 Å². The molecule has 0 saturated heterocycles. The van der Waals surface area contributed by atoms with Crippen molar-refractivity contribution in [3.8, 4) is 0 Å². The van der Waals surface area contributed by atoms with Gasteiger partial charge in [-0.05, 0) is 41.7 Å². The van der Waals surface area contributed by atoms with Gasteiger partial charge in [-0.3, -0.25) is 0 Å². The molecule has 0 saturated carbocycles. The second-order valence-corrected chi connectivity index (χ2v) is 7.81. The fraction of sp³-hybridized carbons (Fsp3) is 0.556. The van der Waals surface area contributed by atoms with E-state index in [1.807, 2.05) is 18.9 Å². The number of halogens is 1. The van der Waals surface area contributed by atoms with Crippen molar-refractivity contribution in [3.05, 3.63) is 15.9 Å². The minimum absolute atomic E-state index is 0.346. The van der Waals surface area contributed by atoms with Crippen molar-refractivity contribution in [2.45, 2.75) is 11.1 Å². The van der Waals surface area contributed by atoms with Crippen LogP contribution >= 0.6 is 27.3 Å². The molecule has 0 aromatic carbocycles. The Hall–Kier alpha value is 0.0500. The molecule has 0 amide bonds. The van der Waals surface area contributed by atoms with Crippen LogP contribution in [0.1, 0.15) is 6.92 Å². The van der Waals surface area contributed by atoms with Crippen LogP contribution in [0.15, 0.2) is 20.1 Å². The molecule has 0 fully saturated rings. The molecule has 1 rings (SSSR count). The summed E-state index contributed by atoms with van der Waals surface area (Å²) in [5, 5.41) is 0. The summed E-state index contributed by atoms with van der Waals surface area (Å²) in [6.07, 6.45) is 0. The summed E-state index contributed by atoms with van der Waals surface area (Å²) in [5.41, 5.74) is 0. The number of likely N-dealkylation sites (N-methyl/N-ethyl adjacent to an activating group) is 1. The van der Waals surface area contributed by atoms with Gasteiger partial charge in [-0.15, -0.1) is 11.3 Å². The van der Waals surface area contributed by atoms with E-state index in [9.17, 15) is 8.42 Å². The molecular formula is C9H15BrN2O2S2. The smallest absolute Gasteiger partial charge is 0.250 e. The van der Waals surface area contributed by atoms with Gasteiger partial charge in [0.1, 0.15) is 4.21 Å². The predicted octanol–water partition coefficient (Wildman–Crippen LogP) is 1.74. The number of nitrogens with one attached hydrogen (secondary N) is 1. The molecule has 92 valence electrons. The molecule has 4 nitrogen and oxygen atoms in total. The number of nitrogens with zero attached hydrogens (tertiary/aromatic N) is 1. The molecule has 0 radical (unpaired) electrons. The van der Waals surface area contributed by atoms with Gasteiger partial charge in [0.2, 0.25) is 10.0 Å². The Balaban J connectivity index is 2.53. The first-order valence-electron chi connectivity index (χ1n) is 4.89. The van der Waals surface area contributed by atoms with Crippen LogP contribution in [0.4, 0.5) is 0 Å². The Morgan fingerprint density at radius 1 is 1.50 bits per heavy atom. The molecule has 0 aliphatic heterocycles. The van der Waals surface area contributed by atoms with Crippen LogP contribution in [0.5, 0.6) is 0 Å². The van der Waals surface area contributed by atoms with Crippen LogP contribution < -0.4 is 4.72 Å². The van der Waals surface area contributed by atoms with Crippen molar-refractivity contribution in [2.24, 2.45) is 0 Å². The molecule has 0 bridgehead atoms. The Morgan fingerprint density at radius 2 is 2.19 bits per heavy atom. The average Bonchev–Trinajstić information content (AvgIpc) is 2.65. The van der Waals surface area contributed by atoms with E-state index in [1.54, 1.807) is 12.1 Å². The minimum atomic E-state index is -3.33. The lowest BCUT2D eigenvalue weighted by Crippen LogP contribution is -2.32. The van der Waals surface area contributed by atoms with Gasteiger partial charge >= 0.3 is 0 Å². The summed E-state index contributed by atoms with van der Waals surface area (Å²) in [6.45, 7) is 4.08. The van der Waals surface area contributed by atoms with Gasteiger partial charge < -0.3 is 4.90 Å². The van der Waals surface area contributed by atoms with Crippen LogP contribution in [0.3, 0.4) is 0 Å². The van der Waals surface area contributed by atoms with Gasteiger partial charge in [0.25, 0.3) is 0 Å². The van der Waals surface area contributed by atoms with E-state index in [1.165, 1.54) is 11.3 Å². The van der Waals surface area contributed by atoms with Gasteiger partial charge in [-0.2, -0.15) is 0 Å². The summed E-state index contributed by atoms with van der Waals surface area (Å²) in [7, 11) is -1.38. The highest BCUT2D eigenvalue weighted by Gasteiger charge is 2.15. The Morgan fingerprint density at radius 3 is 2.69 bits per heavy atom.